The molecule has 2 rings (SSSR count). The van der Waals surface area contributed by atoms with Gasteiger partial charge in [-0.05, 0) is 25.0 Å². The van der Waals surface area contributed by atoms with Gasteiger partial charge in [-0.25, -0.2) is 0 Å². The summed E-state index contributed by atoms with van der Waals surface area (Å²) in [6, 6.07) is 17.8. The summed E-state index contributed by atoms with van der Waals surface area (Å²) in [5.74, 6) is -0.778. The van der Waals surface area contributed by atoms with Gasteiger partial charge < -0.3 is 5.11 Å². The number of carboxylic acid groups (broad SMARTS) is 1. The monoisotopic (exact) mass is 242 g/mol. The third-order valence-electron chi connectivity index (χ3n) is 2.54. The van der Waals surface area contributed by atoms with Crippen molar-refractivity contribution in [3.05, 3.63) is 71.3 Å². The first-order chi connectivity index (χ1) is 8.59. The van der Waals surface area contributed by atoms with Crippen molar-refractivity contribution in [3.8, 4) is 0 Å². The van der Waals surface area contributed by atoms with Crippen LogP contribution in [0.5, 0.6) is 0 Å². The highest BCUT2D eigenvalue weighted by Crippen LogP contribution is 2.06. The third-order valence-corrected chi connectivity index (χ3v) is 2.54. The Labute approximate surface area is 108 Å². The normalized spacial score (nSPS) is 9.22. The number of aliphatic carboxylic acids is 1. The number of hydrogen-bond acceptors (Lipinski definition) is 1. The minimum absolute atomic E-state index is 0.118. The molecule has 2 aromatic rings. The zero-order valence-corrected chi connectivity index (χ0v) is 10.8. The Morgan fingerprint density at radius 2 is 1.50 bits per heavy atom. The molecule has 0 aliphatic carbocycles. The molecule has 0 spiro atoms. The molecule has 2 nitrogen and oxygen atoms in total. The molecule has 0 bridgehead atoms. The van der Waals surface area contributed by atoms with E-state index in [2.05, 4.69) is 19.1 Å². The largest absolute Gasteiger partial charge is 0.481 e. The molecular weight excluding hydrogens is 224 g/mol. The quantitative estimate of drug-likeness (QED) is 0.873. The Bertz CT molecular complexity index is 489. The fourth-order valence-electron chi connectivity index (χ4n) is 1.51. The van der Waals surface area contributed by atoms with E-state index >= 15 is 0 Å². The van der Waals surface area contributed by atoms with Crippen LogP contribution in [0, 0.1) is 13.8 Å². The molecule has 0 aliphatic heterocycles. The van der Waals surface area contributed by atoms with Crippen LogP contribution in [0.25, 0.3) is 0 Å². The summed E-state index contributed by atoms with van der Waals surface area (Å²) in [5.41, 5.74) is 3.25. The summed E-state index contributed by atoms with van der Waals surface area (Å²) < 4.78 is 0. The highest BCUT2D eigenvalue weighted by molar-refractivity contribution is 5.70. The topological polar surface area (TPSA) is 37.3 Å². The van der Waals surface area contributed by atoms with Crippen LogP contribution in [0.4, 0.5) is 0 Å². The van der Waals surface area contributed by atoms with Crippen molar-refractivity contribution in [2.75, 3.05) is 0 Å². The van der Waals surface area contributed by atoms with Crippen LogP contribution in [0.1, 0.15) is 16.7 Å². The van der Waals surface area contributed by atoms with Gasteiger partial charge in [-0.3, -0.25) is 4.79 Å². The molecule has 0 radical (unpaired) electrons. The van der Waals surface area contributed by atoms with Gasteiger partial charge in [0.05, 0.1) is 6.42 Å². The van der Waals surface area contributed by atoms with Gasteiger partial charge in [0.15, 0.2) is 0 Å². The molecule has 94 valence electrons. The van der Waals surface area contributed by atoms with E-state index in [9.17, 15) is 4.79 Å². The number of carboxylic acids is 1. The van der Waals surface area contributed by atoms with Crippen LogP contribution in [0.3, 0.4) is 0 Å². The summed E-state index contributed by atoms with van der Waals surface area (Å²) in [6.45, 7) is 4.00. The standard InChI is InChI=1S/C9H10O2.C7H8/c1-7-4-2-3-5-8(7)6-9(10)11;1-7-5-3-2-4-6-7/h2-5H,6H2,1H3,(H,10,11);2-6H,1H3. The minimum atomic E-state index is -0.778. The van der Waals surface area contributed by atoms with Crippen molar-refractivity contribution in [2.45, 2.75) is 20.3 Å². The van der Waals surface area contributed by atoms with Crippen molar-refractivity contribution < 1.29 is 9.90 Å². The van der Waals surface area contributed by atoms with E-state index in [4.69, 9.17) is 5.11 Å². The molecule has 0 heterocycles. The van der Waals surface area contributed by atoms with Gasteiger partial charge in [0, 0.05) is 0 Å². The van der Waals surface area contributed by atoms with Gasteiger partial charge in [0.25, 0.3) is 0 Å². The molecule has 0 aliphatic rings. The molecule has 0 fully saturated rings. The first kappa shape index (κ1) is 14.0. The van der Waals surface area contributed by atoms with Crippen LogP contribution in [-0.2, 0) is 11.2 Å². The smallest absolute Gasteiger partial charge is 0.307 e. The lowest BCUT2D eigenvalue weighted by atomic mass is 10.1. The first-order valence-electron chi connectivity index (χ1n) is 5.87. The summed E-state index contributed by atoms with van der Waals surface area (Å²) in [5, 5.41) is 8.49. The Balaban J connectivity index is 0.000000199. The zero-order chi connectivity index (χ0) is 13.4. The number of carbonyl (C=O) groups is 1. The highest BCUT2D eigenvalue weighted by Gasteiger charge is 2.01. The van der Waals surface area contributed by atoms with Crippen molar-refractivity contribution in [1.82, 2.24) is 0 Å². The molecular formula is C16H18O2. The van der Waals surface area contributed by atoms with Gasteiger partial charge in [0.2, 0.25) is 0 Å². The maximum absolute atomic E-state index is 10.3. The number of benzene rings is 2. The minimum Gasteiger partial charge on any atom is -0.481 e. The Kier molecular flexibility index (Phi) is 5.65. The molecule has 0 saturated heterocycles. The average molecular weight is 242 g/mol. The predicted octanol–water partition coefficient (Wildman–Crippen LogP) is 3.62. The average Bonchev–Trinajstić information content (AvgIpc) is 2.33. The van der Waals surface area contributed by atoms with Crippen LogP contribution >= 0.6 is 0 Å². The van der Waals surface area contributed by atoms with Crippen LogP contribution in [0.15, 0.2) is 54.6 Å². The SMILES string of the molecule is Cc1ccccc1.Cc1ccccc1CC(=O)O. The van der Waals surface area contributed by atoms with Crippen LogP contribution < -0.4 is 0 Å². The van der Waals surface area contributed by atoms with Crippen LogP contribution in [-0.4, -0.2) is 11.1 Å². The fourth-order valence-corrected chi connectivity index (χ4v) is 1.51. The van der Waals surface area contributed by atoms with Gasteiger partial charge in [0.1, 0.15) is 0 Å². The van der Waals surface area contributed by atoms with Gasteiger partial charge in [-0.2, -0.15) is 0 Å². The number of rotatable bonds is 2. The Morgan fingerprint density at radius 1 is 0.944 bits per heavy atom. The fraction of sp³-hybridized carbons (Fsp3) is 0.188. The van der Waals surface area contributed by atoms with E-state index in [0.717, 1.165) is 11.1 Å². The van der Waals surface area contributed by atoms with Crippen molar-refractivity contribution >= 4 is 5.97 Å². The first-order valence-corrected chi connectivity index (χ1v) is 5.87. The second-order valence-corrected chi connectivity index (χ2v) is 4.15. The van der Waals surface area contributed by atoms with Gasteiger partial charge in [-0.15, -0.1) is 0 Å². The van der Waals surface area contributed by atoms with Crippen LogP contribution in [0.2, 0.25) is 0 Å². The highest BCUT2D eigenvalue weighted by atomic mass is 16.4. The lowest BCUT2D eigenvalue weighted by molar-refractivity contribution is -0.136. The van der Waals surface area contributed by atoms with E-state index < -0.39 is 5.97 Å². The number of hydrogen-bond donors (Lipinski definition) is 1. The molecule has 0 atom stereocenters. The Hall–Kier alpha value is -2.09. The molecule has 0 unspecified atom stereocenters. The lowest BCUT2D eigenvalue weighted by Gasteiger charge is -1.99. The molecule has 1 N–H and O–H groups in total. The van der Waals surface area contributed by atoms with Gasteiger partial charge >= 0.3 is 5.97 Å². The Morgan fingerprint density at radius 3 is 1.94 bits per heavy atom. The molecule has 18 heavy (non-hydrogen) atoms. The summed E-state index contributed by atoms with van der Waals surface area (Å²) >= 11 is 0. The van der Waals surface area contributed by atoms with Crippen molar-refractivity contribution in [2.24, 2.45) is 0 Å². The molecule has 2 heteroatoms. The maximum atomic E-state index is 10.3. The number of aryl methyl sites for hydroxylation is 2. The van der Waals surface area contributed by atoms with E-state index in [-0.39, 0.29) is 6.42 Å². The molecule has 0 amide bonds. The van der Waals surface area contributed by atoms with E-state index in [1.54, 1.807) is 0 Å². The summed E-state index contributed by atoms with van der Waals surface area (Å²) in [4.78, 5) is 10.3. The lowest BCUT2D eigenvalue weighted by Crippen LogP contribution is -2.01. The van der Waals surface area contributed by atoms with E-state index in [1.165, 1.54) is 5.56 Å². The second-order valence-electron chi connectivity index (χ2n) is 4.15. The summed E-state index contributed by atoms with van der Waals surface area (Å²) in [6.07, 6.45) is 0.118. The molecule has 0 aromatic heterocycles. The summed E-state index contributed by atoms with van der Waals surface area (Å²) in [7, 11) is 0. The second kappa shape index (κ2) is 7.28. The predicted molar refractivity (Wildman–Crippen MR) is 73.7 cm³/mol. The van der Waals surface area contributed by atoms with Crippen molar-refractivity contribution in [1.29, 1.82) is 0 Å². The van der Waals surface area contributed by atoms with E-state index in [0.29, 0.717) is 0 Å². The third kappa shape index (κ3) is 5.30. The van der Waals surface area contributed by atoms with E-state index in [1.807, 2.05) is 49.4 Å². The molecule has 2 aromatic carbocycles. The zero-order valence-electron chi connectivity index (χ0n) is 10.8. The molecule has 0 saturated carbocycles. The van der Waals surface area contributed by atoms with Gasteiger partial charge in [-0.1, -0.05) is 60.2 Å². The maximum Gasteiger partial charge on any atom is 0.307 e. The van der Waals surface area contributed by atoms with Crippen molar-refractivity contribution in [3.63, 3.8) is 0 Å².